The highest BCUT2D eigenvalue weighted by Gasteiger charge is 2.21. The van der Waals surface area contributed by atoms with Crippen LogP contribution in [0.1, 0.15) is 36.5 Å². The summed E-state index contributed by atoms with van der Waals surface area (Å²) in [5.41, 5.74) is 1.05. The summed E-state index contributed by atoms with van der Waals surface area (Å²) in [5.74, 6) is 1.54. The Kier molecular flexibility index (Phi) is 4.49. The van der Waals surface area contributed by atoms with Crippen LogP contribution in [0.5, 0.6) is 0 Å². The van der Waals surface area contributed by atoms with Crippen LogP contribution in [-0.2, 0) is 0 Å². The van der Waals surface area contributed by atoms with E-state index >= 15 is 0 Å². The van der Waals surface area contributed by atoms with E-state index < -0.39 is 0 Å². The number of furan rings is 1. The number of aryl methyl sites for hydroxylation is 1. The summed E-state index contributed by atoms with van der Waals surface area (Å²) >= 11 is 3.48. The van der Waals surface area contributed by atoms with Crippen molar-refractivity contribution in [3.05, 3.63) is 46.3 Å². The van der Waals surface area contributed by atoms with Gasteiger partial charge in [0, 0.05) is 12.4 Å². The Morgan fingerprint density at radius 2 is 2.11 bits per heavy atom. The highest BCUT2D eigenvalue weighted by molar-refractivity contribution is 9.10. The van der Waals surface area contributed by atoms with Crippen LogP contribution in [0.2, 0.25) is 0 Å². The van der Waals surface area contributed by atoms with Crippen molar-refractivity contribution in [3.63, 3.8) is 0 Å². The molecule has 4 nitrogen and oxygen atoms in total. The van der Waals surface area contributed by atoms with Crippen molar-refractivity contribution in [2.24, 2.45) is 0 Å². The van der Waals surface area contributed by atoms with E-state index in [1.54, 1.807) is 6.26 Å². The van der Waals surface area contributed by atoms with Gasteiger partial charge in [0.25, 0.3) is 0 Å². The zero-order valence-corrected chi connectivity index (χ0v) is 12.1. The van der Waals surface area contributed by atoms with Crippen molar-refractivity contribution >= 4 is 15.9 Å². The molecule has 0 aromatic carbocycles. The van der Waals surface area contributed by atoms with Crippen LogP contribution in [0.25, 0.3) is 0 Å². The maximum Gasteiger partial charge on any atom is 0.152 e. The van der Waals surface area contributed by atoms with E-state index in [4.69, 9.17) is 4.42 Å². The fourth-order valence-corrected chi connectivity index (χ4v) is 2.08. The highest BCUT2D eigenvalue weighted by Crippen LogP contribution is 2.27. The topological polar surface area (TPSA) is 51.0 Å². The van der Waals surface area contributed by atoms with Gasteiger partial charge in [-0.3, -0.25) is 0 Å². The normalized spacial score (nSPS) is 12.6. The van der Waals surface area contributed by atoms with E-state index in [2.05, 4.69) is 38.1 Å². The Labute approximate surface area is 115 Å². The molecule has 2 heterocycles. The molecule has 0 fully saturated rings. The van der Waals surface area contributed by atoms with Crippen LogP contribution < -0.4 is 5.32 Å². The zero-order valence-electron chi connectivity index (χ0n) is 10.5. The molecule has 0 radical (unpaired) electrons. The van der Waals surface area contributed by atoms with Gasteiger partial charge in [-0.2, -0.15) is 0 Å². The van der Waals surface area contributed by atoms with Gasteiger partial charge in [0.1, 0.15) is 11.8 Å². The molecule has 1 unspecified atom stereocenters. The van der Waals surface area contributed by atoms with Gasteiger partial charge in [-0.25, -0.2) is 9.97 Å². The first kappa shape index (κ1) is 13.2. The lowest BCUT2D eigenvalue weighted by Crippen LogP contribution is -2.25. The average Bonchev–Trinajstić information content (AvgIpc) is 2.78. The van der Waals surface area contributed by atoms with Crippen molar-refractivity contribution in [1.29, 1.82) is 0 Å². The van der Waals surface area contributed by atoms with Gasteiger partial charge in [-0.1, -0.05) is 6.92 Å². The third-order valence-electron chi connectivity index (χ3n) is 2.56. The van der Waals surface area contributed by atoms with Crippen molar-refractivity contribution < 1.29 is 4.42 Å². The minimum Gasteiger partial charge on any atom is -0.466 e. The molecule has 0 aliphatic rings. The first-order valence-corrected chi connectivity index (χ1v) is 6.76. The van der Waals surface area contributed by atoms with Crippen molar-refractivity contribution in [2.45, 2.75) is 26.3 Å². The van der Waals surface area contributed by atoms with Crippen LogP contribution in [0.3, 0.4) is 0 Å². The minimum atomic E-state index is -0.116. The smallest absolute Gasteiger partial charge is 0.152 e. The van der Waals surface area contributed by atoms with E-state index in [1.165, 1.54) is 0 Å². The second kappa shape index (κ2) is 6.11. The summed E-state index contributed by atoms with van der Waals surface area (Å²) in [6.07, 6.45) is 6.34. The molecule has 0 amide bonds. The first-order valence-electron chi connectivity index (χ1n) is 5.97. The van der Waals surface area contributed by atoms with Crippen molar-refractivity contribution in [2.75, 3.05) is 6.54 Å². The number of aromatic nitrogens is 2. The molecule has 1 N–H and O–H groups in total. The molecule has 0 aliphatic carbocycles. The van der Waals surface area contributed by atoms with Gasteiger partial charge in [0.05, 0.1) is 10.7 Å². The number of nitrogens with zero attached hydrogens (tertiary/aromatic N) is 2. The molecular formula is C13H16BrN3O. The molecule has 5 heteroatoms. The second-order valence-corrected chi connectivity index (χ2v) is 4.99. The molecule has 0 spiro atoms. The number of rotatable bonds is 5. The zero-order chi connectivity index (χ0) is 13.0. The molecule has 18 heavy (non-hydrogen) atoms. The molecule has 0 aliphatic heterocycles. The van der Waals surface area contributed by atoms with E-state index in [1.807, 2.05) is 25.4 Å². The molecule has 2 aromatic heterocycles. The lowest BCUT2D eigenvalue weighted by Gasteiger charge is -2.15. The maximum atomic E-state index is 5.52. The van der Waals surface area contributed by atoms with Gasteiger partial charge >= 0.3 is 0 Å². The van der Waals surface area contributed by atoms with Gasteiger partial charge in [-0.15, -0.1) is 0 Å². The summed E-state index contributed by atoms with van der Waals surface area (Å²) in [7, 11) is 0. The standard InChI is InChI=1S/C13H16BrN3O/c1-3-5-15-11(12-10(14)4-6-18-12)13-16-7-9(2)8-17-13/h4,6-8,11,15H,3,5H2,1-2H3. The van der Waals surface area contributed by atoms with Crippen LogP contribution in [0.15, 0.2) is 33.6 Å². The Hall–Kier alpha value is -1.20. The lowest BCUT2D eigenvalue weighted by molar-refractivity contribution is 0.433. The van der Waals surface area contributed by atoms with Crippen molar-refractivity contribution in [1.82, 2.24) is 15.3 Å². The third-order valence-corrected chi connectivity index (χ3v) is 3.22. The number of hydrogen-bond acceptors (Lipinski definition) is 4. The molecule has 0 bridgehead atoms. The van der Waals surface area contributed by atoms with Gasteiger partial charge in [-0.05, 0) is 47.4 Å². The monoisotopic (exact) mass is 309 g/mol. The summed E-state index contributed by atoms with van der Waals surface area (Å²) in [4.78, 5) is 8.75. The Morgan fingerprint density at radius 3 is 2.67 bits per heavy atom. The quantitative estimate of drug-likeness (QED) is 0.921. The van der Waals surface area contributed by atoms with E-state index in [-0.39, 0.29) is 6.04 Å². The van der Waals surface area contributed by atoms with Crippen LogP contribution in [0.4, 0.5) is 0 Å². The van der Waals surface area contributed by atoms with Gasteiger partial charge < -0.3 is 9.73 Å². The molecule has 2 aromatic rings. The Bertz CT molecular complexity index is 495. The molecular weight excluding hydrogens is 294 g/mol. The van der Waals surface area contributed by atoms with Gasteiger partial charge in [0.2, 0.25) is 0 Å². The Balaban J connectivity index is 2.30. The first-order chi connectivity index (χ1) is 8.72. The summed E-state index contributed by atoms with van der Waals surface area (Å²) < 4.78 is 6.45. The van der Waals surface area contributed by atoms with E-state index in [9.17, 15) is 0 Å². The molecule has 96 valence electrons. The predicted molar refractivity (Wildman–Crippen MR) is 73.3 cm³/mol. The molecule has 1 atom stereocenters. The fourth-order valence-electron chi connectivity index (χ4n) is 1.65. The average molecular weight is 310 g/mol. The van der Waals surface area contributed by atoms with Crippen LogP contribution in [0, 0.1) is 6.92 Å². The Morgan fingerprint density at radius 1 is 1.39 bits per heavy atom. The number of halogens is 1. The maximum absolute atomic E-state index is 5.52. The van der Waals surface area contributed by atoms with Crippen LogP contribution >= 0.6 is 15.9 Å². The highest BCUT2D eigenvalue weighted by atomic mass is 79.9. The lowest BCUT2D eigenvalue weighted by atomic mass is 10.2. The molecule has 2 rings (SSSR count). The summed E-state index contributed by atoms with van der Waals surface area (Å²) in [6.45, 7) is 4.98. The van der Waals surface area contributed by atoms with Gasteiger partial charge in [0.15, 0.2) is 5.82 Å². The SMILES string of the molecule is CCCNC(c1ncc(C)cn1)c1occc1Br. The van der Waals surface area contributed by atoms with Crippen molar-refractivity contribution in [3.8, 4) is 0 Å². The third kappa shape index (κ3) is 2.97. The summed E-state index contributed by atoms with van der Waals surface area (Å²) in [6, 6.07) is 1.76. The number of hydrogen-bond donors (Lipinski definition) is 1. The van der Waals surface area contributed by atoms with E-state index in [0.29, 0.717) is 0 Å². The molecule has 0 saturated carbocycles. The largest absolute Gasteiger partial charge is 0.466 e. The predicted octanol–water partition coefficient (Wildman–Crippen LogP) is 3.23. The minimum absolute atomic E-state index is 0.116. The fraction of sp³-hybridized carbons (Fsp3) is 0.385. The summed E-state index contributed by atoms with van der Waals surface area (Å²) in [5, 5.41) is 3.40. The molecule has 0 saturated heterocycles. The van der Waals surface area contributed by atoms with E-state index in [0.717, 1.165) is 34.6 Å². The van der Waals surface area contributed by atoms with Crippen LogP contribution in [-0.4, -0.2) is 16.5 Å². The number of nitrogens with one attached hydrogen (secondary N) is 1. The second-order valence-electron chi connectivity index (χ2n) is 4.14.